The average Bonchev–Trinajstić information content (AvgIpc) is 2.38. The summed E-state index contributed by atoms with van der Waals surface area (Å²) in [6.45, 7) is 1.27. The normalized spacial score (nSPS) is 15.7. The molecule has 1 fully saturated rings. The lowest BCUT2D eigenvalue weighted by atomic mass is 10.1. The monoisotopic (exact) mass is 294 g/mol. The SMILES string of the molecule is O=C(C=C1CCOCC1)NCCCNC(=O)C(F)(F)F. The molecular formula is C12H17F3N2O3. The van der Waals surface area contributed by atoms with Crippen molar-refractivity contribution in [2.45, 2.75) is 25.4 Å². The van der Waals surface area contributed by atoms with Crippen LogP contribution in [0.3, 0.4) is 0 Å². The van der Waals surface area contributed by atoms with Crippen LogP contribution in [0, 0.1) is 0 Å². The minimum atomic E-state index is -4.86. The van der Waals surface area contributed by atoms with E-state index in [0.29, 0.717) is 13.2 Å². The summed E-state index contributed by atoms with van der Waals surface area (Å²) in [5.74, 6) is -2.24. The van der Waals surface area contributed by atoms with Gasteiger partial charge in [0.2, 0.25) is 5.91 Å². The maximum absolute atomic E-state index is 11.8. The zero-order valence-electron chi connectivity index (χ0n) is 10.9. The number of carbonyl (C=O) groups is 2. The fourth-order valence-electron chi connectivity index (χ4n) is 1.62. The molecule has 0 atom stereocenters. The molecule has 2 amide bonds. The van der Waals surface area contributed by atoms with Crippen LogP contribution in [-0.4, -0.2) is 44.3 Å². The third kappa shape index (κ3) is 6.55. The van der Waals surface area contributed by atoms with Gasteiger partial charge in [-0.05, 0) is 19.3 Å². The van der Waals surface area contributed by atoms with Gasteiger partial charge in [0.25, 0.3) is 0 Å². The van der Waals surface area contributed by atoms with E-state index in [9.17, 15) is 22.8 Å². The van der Waals surface area contributed by atoms with E-state index in [0.717, 1.165) is 18.4 Å². The summed E-state index contributed by atoms with van der Waals surface area (Å²) in [5.41, 5.74) is 0.999. The third-order valence-corrected chi connectivity index (χ3v) is 2.67. The quantitative estimate of drug-likeness (QED) is 0.585. The second-order valence-corrected chi connectivity index (χ2v) is 4.31. The summed E-state index contributed by atoms with van der Waals surface area (Å²) in [7, 11) is 0. The molecule has 1 saturated heterocycles. The van der Waals surface area contributed by atoms with Gasteiger partial charge in [0, 0.05) is 19.2 Å². The van der Waals surface area contributed by atoms with Gasteiger partial charge in [-0.25, -0.2) is 0 Å². The molecule has 1 aliphatic rings. The zero-order chi connectivity index (χ0) is 15.0. The molecule has 0 radical (unpaired) electrons. The van der Waals surface area contributed by atoms with E-state index in [1.807, 2.05) is 0 Å². The molecule has 0 aromatic rings. The van der Waals surface area contributed by atoms with Crippen LogP contribution in [0.4, 0.5) is 13.2 Å². The highest BCUT2D eigenvalue weighted by Crippen LogP contribution is 2.14. The van der Waals surface area contributed by atoms with Crippen molar-refractivity contribution in [3.05, 3.63) is 11.6 Å². The van der Waals surface area contributed by atoms with E-state index < -0.39 is 12.1 Å². The molecule has 0 aromatic heterocycles. The van der Waals surface area contributed by atoms with Crippen LogP contribution in [0.25, 0.3) is 0 Å². The number of hydrogen-bond acceptors (Lipinski definition) is 3. The summed E-state index contributed by atoms with van der Waals surface area (Å²) in [6.07, 6.45) is -1.70. The number of hydrogen-bond donors (Lipinski definition) is 2. The first-order valence-electron chi connectivity index (χ1n) is 6.29. The number of alkyl halides is 3. The number of rotatable bonds is 5. The molecule has 0 saturated carbocycles. The summed E-state index contributed by atoms with van der Waals surface area (Å²) < 4.78 is 40.7. The third-order valence-electron chi connectivity index (χ3n) is 2.67. The Kier molecular flexibility index (Phi) is 6.50. The van der Waals surface area contributed by atoms with Crippen molar-refractivity contribution < 1.29 is 27.5 Å². The van der Waals surface area contributed by atoms with E-state index >= 15 is 0 Å². The lowest BCUT2D eigenvalue weighted by Crippen LogP contribution is -2.38. The van der Waals surface area contributed by atoms with Crippen LogP contribution in [-0.2, 0) is 14.3 Å². The Balaban J connectivity index is 2.12. The Bertz CT molecular complexity index is 373. The first-order chi connectivity index (χ1) is 9.39. The van der Waals surface area contributed by atoms with Crippen LogP contribution >= 0.6 is 0 Å². The van der Waals surface area contributed by atoms with Gasteiger partial charge >= 0.3 is 12.1 Å². The molecule has 0 unspecified atom stereocenters. The zero-order valence-corrected chi connectivity index (χ0v) is 10.9. The second kappa shape index (κ2) is 7.88. The van der Waals surface area contributed by atoms with Gasteiger partial charge in [-0.2, -0.15) is 13.2 Å². The van der Waals surface area contributed by atoms with Crippen molar-refractivity contribution in [2.24, 2.45) is 0 Å². The number of halogens is 3. The van der Waals surface area contributed by atoms with Crippen LogP contribution in [0.1, 0.15) is 19.3 Å². The lowest BCUT2D eigenvalue weighted by molar-refractivity contribution is -0.173. The summed E-state index contributed by atoms with van der Waals surface area (Å²) >= 11 is 0. The molecule has 2 N–H and O–H groups in total. The Morgan fingerprint density at radius 2 is 1.75 bits per heavy atom. The molecule has 0 aliphatic carbocycles. The molecule has 8 heteroatoms. The highest BCUT2D eigenvalue weighted by atomic mass is 19.4. The molecule has 0 aromatic carbocycles. The van der Waals surface area contributed by atoms with Crippen LogP contribution < -0.4 is 10.6 Å². The van der Waals surface area contributed by atoms with Crippen LogP contribution in [0.15, 0.2) is 11.6 Å². The molecule has 1 rings (SSSR count). The number of amides is 2. The van der Waals surface area contributed by atoms with Gasteiger partial charge < -0.3 is 15.4 Å². The Labute approximate surface area is 114 Å². The molecule has 0 spiro atoms. The lowest BCUT2D eigenvalue weighted by Gasteiger charge is -2.14. The topological polar surface area (TPSA) is 67.4 Å². The predicted octanol–water partition coefficient (Wildman–Crippen LogP) is 0.908. The van der Waals surface area contributed by atoms with E-state index in [4.69, 9.17) is 4.74 Å². The fraction of sp³-hybridized carbons (Fsp3) is 0.667. The Morgan fingerprint density at radius 1 is 1.15 bits per heavy atom. The Morgan fingerprint density at radius 3 is 2.35 bits per heavy atom. The van der Waals surface area contributed by atoms with E-state index in [2.05, 4.69) is 5.32 Å². The maximum atomic E-state index is 11.8. The van der Waals surface area contributed by atoms with E-state index in [1.165, 1.54) is 6.08 Å². The van der Waals surface area contributed by atoms with Gasteiger partial charge in [-0.15, -0.1) is 0 Å². The van der Waals surface area contributed by atoms with Gasteiger partial charge in [0.1, 0.15) is 0 Å². The molecule has 114 valence electrons. The Hall–Kier alpha value is -1.57. The molecule has 1 aliphatic heterocycles. The summed E-state index contributed by atoms with van der Waals surface area (Å²) in [5, 5.41) is 4.28. The standard InChI is InChI=1S/C12H17F3N2O3/c13-12(14,15)11(19)17-5-1-4-16-10(18)8-9-2-6-20-7-3-9/h8H,1-7H2,(H,16,18)(H,17,19). The fourth-order valence-corrected chi connectivity index (χ4v) is 1.62. The van der Waals surface area contributed by atoms with Gasteiger partial charge in [-0.3, -0.25) is 9.59 Å². The number of carbonyl (C=O) groups excluding carboxylic acids is 2. The molecule has 1 heterocycles. The van der Waals surface area contributed by atoms with Crippen molar-refractivity contribution in [2.75, 3.05) is 26.3 Å². The largest absolute Gasteiger partial charge is 0.471 e. The minimum Gasteiger partial charge on any atom is -0.381 e. The number of nitrogens with one attached hydrogen (secondary N) is 2. The van der Waals surface area contributed by atoms with Crippen molar-refractivity contribution in [1.29, 1.82) is 0 Å². The van der Waals surface area contributed by atoms with Crippen molar-refractivity contribution in [1.82, 2.24) is 10.6 Å². The van der Waals surface area contributed by atoms with Gasteiger partial charge in [-0.1, -0.05) is 5.57 Å². The first kappa shape index (κ1) is 16.5. The molecule has 5 nitrogen and oxygen atoms in total. The van der Waals surface area contributed by atoms with Crippen molar-refractivity contribution >= 4 is 11.8 Å². The summed E-state index contributed by atoms with van der Waals surface area (Å²) in [6, 6.07) is 0. The first-order valence-corrected chi connectivity index (χ1v) is 6.29. The average molecular weight is 294 g/mol. The minimum absolute atomic E-state index is 0.136. The molecular weight excluding hydrogens is 277 g/mol. The highest BCUT2D eigenvalue weighted by molar-refractivity contribution is 5.88. The van der Waals surface area contributed by atoms with Crippen molar-refractivity contribution in [3.8, 4) is 0 Å². The van der Waals surface area contributed by atoms with Crippen molar-refractivity contribution in [3.63, 3.8) is 0 Å². The predicted molar refractivity (Wildman–Crippen MR) is 64.8 cm³/mol. The van der Waals surface area contributed by atoms with E-state index in [1.54, 1.807) is 5.32 Å². The van der Waals surface area contributed by atoms with Crippen LogP contribution in [0.2, 0.25) is 0 Å². The van der Waals surface area contributed by atoms with Crippen LogP contribution in [0.5, 0.6) is 0 Å². The smallest absolute Gasteiger partial charge is 0.381 e. The highest BCUT2D eigenvalue weighted by Gasteiger charge is 2.38. The number of ether oxygens (including phenoxy) is 1. The molecule has 0 bridgehead atoms. The van der Waals surface area contributed by atoms with Gasteiger partial charge in [0.15, 0.2) is 0 Å². The maximum Gasteiger partial charge on any atom is 0.471 e. The molecule has 20 heavy (non-hydrogen) atoms. The summed E-state index contributed by atoms with van der Waals surface area (Å²) in [4.78, 5) is 22.0. The second-order valence-electron chi connectivity index (χ2n) is 4.31. The van der Waals surface area contributed by atoms with E-state index in [-0.39, 0.29) is 25.4 Å². The van der Waals surface area contributed by atoms with Gasteiger partial charge in [0.05, 0.1) is 13.2 Å².